The van der Waals surface area contributed by atoms with Gasteiger partial charge in [-0.2, -0.15) is 0 Å². The first-order valence-corrected chi connectivity index (χ1v) is 9.12. The maximum Gasteiger partial charge on any atom is 0.191 e. The zero-order chi connectivity index (χ0) is 18.2. The average Bonchev–Trinajstić information content (AvgIpc) is 2.69. The van der Waals surface area contributed by atoms with Crippen molar-refractivity contribution >= 4 is 5.96 Å². The molecular formula is C21H27N3O2. The van der Waals surface area contributed by atoms with Gasteiger partial charge < -0.3 is 20.1 Å². The molecule has 1 unspecified atom stereocenters. The van der Waals surface area contributed by atoms with E-state index in [1.54, 1.807) is 7.05 Å². The number of ether oxygens (including phenoxy) is 2. The third-order valence-corrected chi connectivity index (χ3v) is 4.51. The number of nitrogens with one attached hydrogen (secondary N) is 2. The van der Waals surface area contributed by atoms with Gasteiger partial charge in [-0.3, -0.25) is 4.99 Å². The van der Waals surface area contributed by atoms with Crippen LogP contribution in [0.25, 0.3) is 0 Å². The summed E-state index contributed by atoms with van der Waals surface area (Å²) < 4.78 is 11.5. The molecule has 5 heteroatoms. The molecular weight excluding hydrogens is 326 g/mol. The Balaban J connectivity index is 1.42. The molecule has 2 aromatic carbocycles. The Morgan fingerprint density at radius 3 is 2.77 bits per heavy atom. The van der Waals surface area contributed by atoms with Crippen molar-refractivity contribution in [1.29, 1.82) is 0 Å². The maximum absolute atomic E-state index is 5.74. The lowest BCUT2D eigenvalue weighted by atomic mass is 9.93. The largest absolute Gasteiger partial charge is 0.493 e. The first-order valence-electron chi connectivity index (χ1n) is 9.12. The molecule has 3 rings (SSSR count). The SMILES string of the molecule is CN=C(NCCOc1ccc(C)cc1)NCC1CCOc2ccccc21. The minimum absolute atomic E-state index is 0.433. The lowest BCUT2D eigenvalue weighted by molar-refractivity contribution is 0.267. The molecule has 1 heterocycles. The van der Waals surface area contributed by atoms with Gasteiger partial charge in [0.1, 0.15) is 18.1 Å². The van der Waals surface area contributed by atoms with E-state index < -0.39 is 0 Å². The van der Waals surface area contributed by atoms with E-state index in [0.29, 0.717) is 19.1 Å². The Labute approximate surface area is 155 Å². The maximum atomic E-state index is 5.74. The van der Waals surface area contributed by atoms with Gasteiger partial charge in [0.25, 0.3) is 0 Å². The van der Waals surface area contributed by atoms with E-state index in [4.69, 9.17) is 9.47 Å². The molecule has 5 nitrogen and oxygen atoms in total. The van der Waals surface area contributed by atoms with Crippen molar-refractivity contribution in [1.82, 2.24) is 10.6 Å². The highest BCUT2D eigenvalue weighted by molar-refractivity contribution is 5.79. The Kier molecular flexibility index (Phi) is 6.36. The Morgan fingerprint density at radius 1 is 1.15 bits per heavy atom. The van der Waals surface area contributed by atoms with Gasteiger partial charge in [0, 0.05) is 19.5 Å². The smallest absolute Gasteiger partial charge is 0.191 e. The number of fused-ring (bicyclic) bond motifs is 1. The lowest BCUT2D eigenvalue weighted by Gasteiger charge is -2.26. The van der Waals surface area contributed by atoms with Crippen LogP contribution in [0.15, 0.2) is 53.5 Å². The fraction of sp³-hybridized carbons (Fsp3) is 0.381. The summed E-state index contributed by atoms with van der Waals surface area (Å²) in [6.45, 7) is 4.94. The van der Waals surface area contributed by atoms with Crippen molar-refractivity contribution in [2.24, 2.45) is 4.99 Å². The third-order valence-electron chi connectivity index (χ3n) is 4.51. The summed E-state index contributed by atoms with van der Waals surface area (Å²) in [4.78, 5) is 4.29. The van der Waals surface area contributed by atoms with E-state index in [2.05, 4.69) is 46.8 Å². The molecule has 26 heavy (non-hydrogen) atoms. The summed E-state index contributed by atoms with van der Waals surface area (Å²) in [7, 11) is 1.79. The Hall–Kier alpha value is -2.69. The van der Waals surface area contributed by atoms with E-state index in [9.17, 15) is 0 Å². The van der Waals surface area contributed by atoms with Crippen molar-refractivity contribution in [3.8, 4) is 11.5 Å². The monoisotopic (exact) mass is 353 g/mol. The second kappa shape index (κ2) is 9.13. The van der Waals surface area contributed by atoms with E-state index in [-0.39, 0.29) is 0 Å². The molecule has 138 valence electrons. The van der Waals surface area contributed by atoms with Crippen molar-refractivity contribution in [2.45, 2.75) is 19.3 Å². The van der Waals surface area contributed by atoms with Crippen LogP contribution in [0, 0.1) is 6.92 Å². The van der Waals surface area contributed by atoms with Gasteiger partial charge in [0.05, 0.1) is 13.2 Å². The number of para-hydroxylation sites is 1. The molecule has 1 aliphatic rings. The molecule has 0 fully saturated rings. The highest BCUT2D eigenvalue weighted by Crippen LogP contribution is 2.32. The highest BCUT2D eigenvalue weighted by atomic mass is 16.5. The summed E-state index contributed by atoms with van der Waals surface area (Å²) >= 11 is 0. The first-order chi connectivity index (χ1) is 12.8. The van der Waals surface area contributed by atoms with Crippen molar-refractivity contribution in [2.75, 3.05) is 33.4 Å². The molecule has 0 radical (unpaired) electrons. The van der Waals surface area contributed by atoms with Crippen LogP contribution < -0.4 is 20.1 Å². The number of aryl methyl sites for hydroxylation is 1. The van der Waals surface area contributed by atoms with Crippen LogP contribution in [0.4, 0.5) is 0 Å². The number of hydrogen-bond acceptors (Lipinski definition) is 3. The molecule has 0 saturated carbocycles. The van der Waals surface area contributed by atoms with Crippen molar-refractivity contribution < 1.29 is 9.47 Å². The van der Waals surface area contributed by atoms with Gasteiger partial charge in [-0.1, -0.05) is 35.9 Å². The molecule has 2 aromatic rings. The van der Waals surface area contributed by atoms with Crippen LogP contribution in [0.1, 0.15) is 23.5 Å². The predicted molar refractivity (Wildman–Crippen MR) is 105 cm³/mol. The molecule has 2 N–H and O–H groups in total. The zero-order valence-electron chi connectivity index (χ0n) is 15.5. The fourth-order valence-electron chi connectivity index (χ4n) is 3.04. The molecule has 1 aliphatic heterocycles. The number of hydrogen-bond donors (Lipinski definition) is 2. The molecule has 0 spiro atoms. The van der Waals surface area contributed by atoms with E-state index in [0.717, 1.165) is 37.0 Å². The second-order valence-corrected chi connectivity index (χ2v) is 6.41. The van der Waals surface area contributed by atoms with Crippen LogP contribution in [0.3, 0.4) is 0 Å². The summed E-state index contributed by atoms with van der Waals surface area (Å²) in [5.41, 5.74) is 2.50. The standard InChI is InChI=1S/C21H27N3O2/c1-16-7-9-18(10-8-16)25-14-12-23-21(22-2)24-15-17-11-13-26-20-6-4-3-5-19(17)20/h3-10,17H,11-15H2,1-2H3,(H2,22,23,24). The van der Waals surface area contributed by atoms with Gasteiger partial charge in [0.15, 0.2) is 5.96 Å². The molecule has 0 saturated heterocycles. The Bertz CT molecular complexity index is 728. The van der Waals surface area contributed by atoms with Gasteiger partial charge in [-0.05, 0) is 37.1 Å². The number of guanidine groups is 1. The third kappa shape index (κ3) is 4.91. The van der Waals surface area contributed by atoms with Crippen molar-refractivity contribution in [3.05, 3.63) is 59.7 Å². The van der Waals surface area contributed by atoms with Crippen LogP contribution in [0.2, 0.25) is 0 Å². The molecule has 0 amide bonds. The summed E-state index contributed by atoms with van der Waals surface area (Å²) in [6, 6.07) is 16.3. The summed E-state index contributed by atoms with van der Waals surface area (Å²) in [6.07, 6.45) is 1.01. The second-order valence-electron chi connectivity index (χ2n) is 6.41. The van der Waals surface area contributed by atoms with Gasteiger partial charge in [-0.15, -0.1) is 0 Å². The number of aliphatic imine (C=N–C) groups is 1. The van der Waals surface area contributed by atoms with Gasteiger partial charge in [-0.25, -0.2) is 0 Å². The average molecular weight is 353 g/mol. The molecule has 0 aromatic heterocycles. The van der Waals surface area contributed by atoms with Gasteiger partial charge in [0.2, 0.25) is 0 Å². The predicted octanol–water partition coefficient (Wildman–Crippen LogP) is 3.11. The van der Waals surface area contributed by atoms with Gasteiger partial charge >= 0.3 is 0 Å². The van der Waals surface area contributed by atoms with E-state index in [1.807, 2.05) is 24.3 Å². The molecule has 0 bridgehead atoms. The first kappa shape index (κ1) is 18.1. The normalized spacial score (nSPS) is 16.4. The Morgan fingerprint density at radius 2 is 1.96 bits per heavy atom. The molecule has 0 aliphatic carbocycles. The lowest BCUT2D eigenvalue weighted by Crippen LogP contribution is -2.41. The van der Waals surface area contributed by atoms with Crippen LogP contribution in [0.5, 0.6) is 11.5 Å². The van der Waals surface area contributed by atoms with Crippen LogP contribution in [-0.2, 0) is 0 Å². The van der Waals surface area contributed by atoms with E-state index >= 15 is 0 Å². The number of nitrogens with zero attached hydrogens (tertiary/aromatic N) is 1. The number of rotatable bonds is 6. The number of benzene rings is 2. The highest BCUT2D eigenvalue weighted by Gasteiger charge is 2.20. The van der Waals surface area contributed by atoms with Crippen molar-refractivity contribution in [3.63, 3.8) is 0 Å². The minimum atomic E-state index is 0.433. The minimum Gasteiger partial charge on any atom is -0.493 e. The summed E-state index contributed by atoms with van der Waals surface area (Å²) in [5.74, 6) is 3.11. The fourth-order valence-corrected chi connectivity index (χ4v) is 3.04. The summed E-state index contributed by atoms with van der Waals surface area (Å²) in [5, 5.41) is 6.71. The molecule has 1 atom stereocenters. The van der Waals surface area contributed by atoms with Crippen LogP contribution in [-0.4, -0.2) is 39.3 Å². The zero-order valence-corrected chi connectivity index (χ0v) is 15.5. The topological polar surface area (TPSA) is 54.9 Å². The van der Waals surface area contributed by atoms with Crippen LogP contribution >= 0.6 is 0 Å². The van der Waals surface area contributed by atoms with E-state index in [1.165, 1.54) is 11.1 Å². The quantitative estimate of drug-likeness (QED) is 0.476.